The van der Waals surface area contributed by atoms with Gasteiger partial charge in [-0.2, -0.15) is 0 Å². The SMILES string of the molecule is Cc1ccc(SC2CCCC2O)c(C)c1. The zero-order chi connectivity index (χ0) is 10.8. The van der Waals surface area contributed by atoms with E-state index in [0.29, 0.717) is 5.25 Å². The van der Waals surface area contributed by atoms with Crippen LogP contribution in [0, 0.1) is 13.8 Å². The van der Waals surface area contributed by atoms with Crippen LogP contribution in [-0.2, 0) is 0 Å². The van der Waals surface area contributed by atoms with Gasteiger partial charge in [-0.25, -0.2) is 0 Å². The van der Waals surface area contributed by atoms with Crippen molar-refractivity contribution >= 4 is 11.8 Å². The summed E-state index contributed by atoms with van der Waals surface area (Å²) in [6.07, 6.45) is 3.20. The molecule has 1 nitrogen and oxygen atoms in total. The molecule has 0 spiro atoms. The van der Waals surface area contributed by atoms with Crippen molar-refractivity contribution in [3.8, 4) is 0 Å². The van der Waals surface area contributed by atoms with Gasteiger partial charge in [0.15, 0.2) is 0 Å². The fourth-order valence-corrected chi connectivity index (χ4v) is 3.43. The average molecular weight is 222 g/mol. The number of rotatable bonds is 2. The highest BCUT2D eigenvalue weighted by molar-refractivity contribution is 8.00. The Morgan fingerprint density at radius 2 is 2.07 bits per heavy atom. The number of aliphatic hydroxyl groups excluding tert-OH is 1. The molecule has 0 bridgehead atoms. The number of aryl methyl sites for hydroxylation is 2. The summed E-state index contributed by atoms with van der Waals surface area (Å²) in [7, 11) is 0. The van der Waals surface area contributed by atoms with Crippen LogP contribution in [0.3, 0.4) is 0 Å². The number of aliphatic hydroxyl groups is 1. The Morgan fingerprint density at radius 3 is 2.67 bits per heavy atom. The summed E-state index contributed by atoms with van der Waals surface area (Å²) in [5.41, 5.74) is 2.64. The second-order valence-corrected chi connectivity index (χ2v) is 5.70. The van der Waals surface area contributed by atoms with E-state index in [0.717, 1.165) is 12.8 Å². The predicted molar refractivity (Wildman–Crippen MR) is 65.4 cm³/mol. The zero-order valence-corrected chi connectivity index (χ0v) is 10.2. The molecule has 1 aromatic rings. The number of thioether (sulfide) groups is 1. The Kier molecular flexibility index (Phi) is 3.37. The fraction of sp³-hybridized carbons (Fsp3) is 0.538. The molecule has 15 heavy (non-hydrogen) atoms. The van der Waals surface area contributed by atoms with Gasteiger partial charge in [-0.3, -0.25) is 0 Å². The highest BCUT2D eigenvalue weighted by Crippen LogP contribution is 2.36. The van der Waals surface area contributed by atoms with Crippen LogP contribution in [0.5, 0.6) is 0 Å². The van der Waals surface area contributed by atoms with E-state index in [1.165, 1.54) is 22.4 Å². The van der Waals surface area contributed by atoms with Gasteiger partial charge < -0.3 is 5.11 Å². The summed E-state index contributed by atoms with van der Waals surface area (Å²) in [5.74, 6) is 0. The van der Waals surface area contributed by atoms with Crippen LogP contribution in [0.4, 0.5) is 0 Å². The lowest BCUT2D eigenvalue weighted by atomic mass is 10.2. The van der Waals surface area contributed by atoms with E-state index in [1.807, 2.05) is 11.8 Å². The minimum absolute atomic E-state index is 0.101. The molecule has 2 atom stereocenters. The third-order valence-corrected chi connectivity index (χ3v) is 4.59. The lowest BCUT2D eigenvalue weighted by Gasteiger charge is -2.15. The van der Waals surface area contributed by atoms with Crippen molar-refractivity contribution in [3.63, 3.8) is 0 Å². The van der Waals surface area contributed by atoms with Gasteiger partial charge in [0.05, 0.1) is 6.10 Å². The molecule has 1 aromatic carbocycles. The topological polar surface area (TPSA) is 20.2 Å². The molecule has 1 saturated carbocycles. The van der Waals surface area contributed by atoms with Crippen LogP contribution in [0.1, 0.15) is 30.4 Å². The van der Waals surface area contributed by atoms with Crippen molar-refractivity contribution < 1.29 is 5.11 Å². The summed E-state index contributed by atoms with van der Waals surface area (Å²) in [6.45, 7) is 4.27. The van der Waals surface area contributed by atoms with Crippen LogP contribution in [-0.4, -0.2) is 16.5 Å². The molecule has 0 aromatic heterocycles. The minimum atomic E-state index is -0.101. The van der Waals surface area contributed by atoms with Crippen LogP contribution in [0.15, 0.2) is 23.1 Å². The molecule has 0 saturated heterocycles. The van der Waals surface area contributed by atoms with Gasteiger partial charge in [0, 0.05) is 10.1 Å². The van der Waals surface area contributed by atoms with Gasteiger partial charge in [-0.05, 0) is 44.7 Å². The van der Waals surface area contributed by atoms with Gasteiger partial charge >= 0.3 is 0 Å². The number of benzene rings is 1. The van der Waals surface area contributed by atoms with Gasteiger partial charge in [-0.15, -0.1) is 11.8 Å². The van der Waals surface area contributed by atoms with E-state index < -0.39 is 0 Å². The molecule has 1 fully saturated rings. The first-order valence-electron chi connectivity index (χ1n) is 5.59. The third kappa shape index (κ3) is 2.56. The largest absolute Gasteiger partial charge is 0.392 e. The molecule has 2 heteroatoms. The zero-order valence-electron chi connectivity index (χ0n) is 9.36. The minimum Gasteiger partial charge on any atom is -0.392 e. The van der Waals surface area contributed by atoms with Crippen molar-refractivity contribution in [3.05, 3.63) is 29.3 Å². The summed E-state index contributed by atoms with van der Waals surface area (Å²) >= 11 is 1.84. The van der Waals surface area contributed by atoms with Gasteiger partial charge in [0.1, 0.15) is 0 Å². The lowest BCUT2D eigenvalue weighted by Crippen LogP contribution is -2.15. The molecule has 2 unspecified atom stereocenters. The normalized spacial score (nSPS) is 25.8. The third-order valence-electron chi connectivity index (χ3n) is 3.03. The van der Waals surface area contributed by atoms with Crippen molar-refractivity contribution in [1.29, 1.82) is 0 Å². The molecular weight excluding hydrogens is 204 g/mol. The van der Waals surface area contributed by atoms with Crippen LogP contribution in [0.25, 0.3) is 0 Å². The maximum absolute atomic E-state index is 9.77. The molecule has 2 rings (SSSR count). The first-order chi connectivity index (χ1) is 7.16. The Labute approximate surface area is 95.9 Å². The van der Waals surface area contributed by atoms with Crippen LogP contribution >= 0.6 is 11.8 Å². The van der Waals surface area contributed by atoms with E-state index >= 15 is 0 Å². The first kappa shape index (κ1) is 11.0. The van der Waals surface area contributed by atoms with Gasteiger partial charge in [0.2, 0.25) is 0 Å². The Balaban J connectivity index is 2.10. The van der Waals surface area contributed by atoms with E-state index in [-0.39, 0.29) is 6.10 Å². The summed E-state index contributed by atoms with van der Waals surface area (Å²) in [5, 5.41) is 10.2. The maximum Gasteiger partial charge on any atom is 0.0662 e. The Bertz CT molecular complexity index is 348. The second kappa shape index (κ2) is 4.58. The molecule has 0 amide bonds. The summed E-state index contributed by atoms with van der Waals surface area (Å²) < 4.78 is 0. The molecule has 0 heterocycles. The van der Waals surface area contributed by atoms with Crippen molar-refractivity contribution in [2.45, 2.75) is 49.4 Å². The highest BCUT2D eigenvalue weighted by atomic mass is 32.2. The van der Waals surface area contributed by atoms with Gasteiger partial charge in [-0.1, -0.05) is 17.7 Å². The van der Waals surface area contributed by atoms with Crippen molar-refractivity contribution in [2.75, 3.05) is 0 Å². The second-order valence-electron chi connectivity index (χ2n) is 4.42. The first-order valence-corrected chi connectivity index (χ1v) is 6.47. The molecule has 1 aliphatic rings. The number of hydrogen-bond acceptors (Lipinski definition) is 2. The molecule has 1 N–H and O–H groups in total. The van der Waals surface area contributed by atoms with Gasteiger partial charge in [0.25, 0.3) is 0 Å². The van der Waals surface area contributed by atoms with Crippen LogP contribution in [0.2, 0.25) is 0 Å². The van der Waals surface area contributed by atoms with E-state index in [4.69, 9.17) is 0 Å². The Morgan fingerprint density at radius 1 is 1.27 bits per heavy atom. The monoisotopic (exact) mass is 222 g/mol. The van der Waals surface area contributed by atoms with E-state index in [9.17, 15) is 5.11 Å². The predicted octanol–water partition coefficient (Wildman–Crippen LogP) is 3.31. The quantitative estimate of drug-likeness (QED) is 0.828. The fourth-order valence-electron chi connectivity index (χ4n) is 2.14. The standard InChI is InChI=1S/C13H18OS/c1-9-6-7-12(10(2)8-9)15-13-5-3-4-11(13)14/h6-8,11,13-14H,3-5H2,1-2H3. The van der Waals surface area contributed by atoms with E-state index in [2.05, 4.69) is 32.0 Å². The highest BCUT2D eigenvalue weighted by Gasteiger charge is 2.26. The average Bonchev–Trinajstić information content (AvgIpc) is 2.57. The molecule has 0 aliphatic heterocycles. The summed E-state index contributed by atoms with van der Waals surface area (Å²) in [4.78, 5) is 1.33. The smallest absolute Gasteiger partial charge is 0.0662 e. The molecule has 0 radical (unpaired) electrons. The summed E-state index contributed by atoms with van der Waals surface area (Å²) in [6, 6.07) is 6.54. The number of hydrogen-bond donors (Lipinski definition) is 1. The molecular formula is C13H18OS. The van der Waals surface area contributed by atoms with E-state index in [1.54, 1.807) is 0 Å². The lowest BCUT2D eigenvalue weighted by molar-refractivity contribution is 0.188. The molecule has 1 aliphatic carbocycles. The maximum atomic E-state index is 9.77. The van der Waals surface area contributed by atoms with Crippen LogP contribution < -0.4 is 0 Å². The van der Waals surface area contributed by atoms with Crippen molar-refractivity contribution in [1.82, 2.24) is 0 Å². The molecule has 82 valence electrons. The Hall–Kier alpha value is -0.470. The van der Waals surface area contributed by atoms with Crippen molar-refractivity contribution in [2.24, 2.45) is 0 Å².